The second kappa shape index (κ2) is 7.92. The number of fused-ring (bicyclic) bond motifs is 1. The van der Waals surface area contributed by atoms with Crippen molar-refractivity contribution in [2.24, 2.45) is 0 Å². The first kappa shape index (κ1) is 19.5. The van der Waals surface area contributed by atoms with Crippen LogP contribution in [0.25, 0.3) is 0 Å². The molecule has 1 fully saturated rings. The zero-order valence-corrected chi connectivity index (χ0v) is 16.8. The van der Waals surface area contributed by atoms with E-state index in [1.54, 1.807) is 30.3 Å². The maximum Gasteiger partial charge on any atom is 0.255 e. The van der Waals surface area contributed by atoms with Gasteiger partial charge in [-0.25, -0.2) is 8.42 Å². The number of anilines is 1. The summed E-state index contributed by atoms with van der Waals surface area (Å²) < 4.78 is 43.5. The minimum Gasteiger partial charge on any atom is -0.495 e. The molecule has 0 atom stereocenters. The summed E-state index contributed by atoms with van der Waals surface area (Å²) in [5.41, 5.74) is 0.745. The molecule has 154 valence electrons. The van der Waals surface area contributed by atoms with Crippen LogP contribution < -0.4 is 19.5 Å². The summed E-state index contributed by atoms with van der Waals surface area (Å²) in [6, 6.07) is 9.47. The molecule has 2 aromatic rings. The van der Waals surface area contributed by atoms with Gasteiger partial charge in [-0.2, -0.15) is 4.31 Å². The molecule has 0 spiro atoms. The smallest absolute Gasteiger partial charge is 0.255 e. The van der Waals surface area contributed by atoms with E-state index in [2.05, 4.69) is 5.32 Å². The van der Waals surface area contributed by atoms with Crippen molar-refractivity contribution in [2.45, 2.75) is 24.2 Å². The van der Waals surface area contributed by atoms with E-state index in [9.17, 15) is 13.2 Å². The normalized spacial score (nSPS) is 16.4. The molecular weight excluding hydrogens is 396 g/mol. The number of nitrogens with one attached hydrogen (secondary N) is 1. The third-order valence-electron chi connectivity index (χ3n) is 4.99. The molecule has 0 unspecified atom stereocenters. The molecular formula is C20H22N2O6S. The molecule has 2 heterocycles. The van der Waals surface area contributed by atoms with Gasteiger partial charge in [0.25, 0.3) is 5.91 Å². The molecule has 0 saturated carbocycles. The average Bonchev–Trinajstić information content (AvgIpc) is 3.22. The Hall–Kier alpha value is -2.78. The van der Waals surface area contributed by atoms with Gasteiger partial charge in [-0.1, -0.05) is 6.42 Å². The van der Waals surface area contributed by atoms with Crippen LogP contribution in [-0.2, 0) is 10.0 Å². The molecule has 0 radical (unpaired) electrons. The maximum atomic E-state index is 13.1. The molecule has 2 aliphatic rings. The molecule has 8 nitrogen and oxygen atoms in total. The number of benzene rings is 2. The van der Waals surface area contributed by atoms with E-state index in [0.29, 0.717) is 35.8 Å². The third kappa shape index (κ3) is 3.88. The van der Waals surface area contributed by atoms with Crippen LogP contribution in [0.15, 0.2) is 41.3 Å². The number of carbonyl (C=O) groups is 1. The van der Waals surface area contributed by atoms with Gasteiger partial charge in [0.05, 0.1) is 7.11 Å². The fourth-order valence-electron chi connectivity index (χ4n) is 3.44. The summed E-state index contributed by atoms with van der Waals surface area (Å²) in [5, 5.41) is 2.74. The zero-order chi connectivity index (χ0) is 20.4. The van der Waals surface area contributed by atoms with E-state index < -0.39 is 10.0 Å². The summed E-state index contributed by atoms with van der Waals surface area (Å²) in [4.78, 5) is 12.7. The number of rotatable bonds is 5. The molecule has 1 amide bonds. The Morgan fingerprint density at radius 2 is 1.79 bits per heavy atom. The molecule has 0 aromatic heterocycles. The number of amides is 1. The summed E-state index contributed by atoms with van der Waals surface area (Å²) in [5.74, 6) is 0.952. The van der Waals surface area contributed by atoms with Crippen molar-refractivity contribution < 1.29 is 27.4 Å². The summed E-state index contributed by atoms with van der Waals surface area (Å²) in [7, 11) is -2.29. The monoisotopic (exact) mass is 418 g/mol. The molecule has 2 aromatic carbocycles. The van der Waals surface area contributed by atoms with Crippen LogP contribution in [0.3, 0.4) is 0 Å². The lowest BCUT2D eigenvalue weighted by molar-refractivity contribution is 0.102. The van der Waals surface area contributed by atoms with Crippen LogP contribution >= 0.6 is 0 Å². The average molecular weight is 418 g/mol. The van der Waals surface area contributed by atoms with Gasteiger partial charge in [0.1, 0.15) is 10.6 Å². The lowest BCUT2D eigenvalue weighted by Gasteiger charge is -2.26. The Morgan fingerprint density at radius 1 is 1.03 bits per heavy atom. The van der Waals surface area contributed by atoms with Crippen LogP contribution in [-0.4, -0.2) is 45.6 Å². The third-order valence-corrected chi connectivity index (χ3v) is 6.91. The number of carbonyl (C=O) groups excluding carboxylic acids is 1. The van der Waals surface area contributed by atoms with Gasteiger partial charge < -0.3 is 19.5 Å². The summed E-state index contributed by atoms with van der Waals surface area (Å²) in [6.45, 7) is 1.09. The largest absolute Gasteiger partial charge is 0.495 e. The van der Waals surface area contributed by atoms with Crippen molar-refractivity contribution in [3.05, 3.63) is 42.0 Å². The topological polar surface area (TPSA) is 94.2 Å². The zero-order valence-electron chi connectivity index (χ0n) is 16.0. The summed E-state index contributed by atoms with van der Waals surface area (Å²) in [6.07, 6.45) is 2.69. The Kier molecular flexibility index (Phi) is 5.33. The standard InChI is InChI=1S/C20H22N2O6S/c1-26-17-8-6-15(12-19(17)29(24,25)22-9-3-2-4-10-22)21-20(23)14-5-7-16-18(11-14)28-13-27-16/h5-8,11-12H,2-4,9-10,13H2,1H3,(H,21,23). The first-order valence-electron chi connectivity index (χ1n) is 9.38. The van der Waals surface area contributed by atoms with Crippen LogP contribution in [0.4, 0.5) is 5.69 Å². The molecule has 2 aliphatic heterocycles. The van der Waals surface area contributed by atoms with Gasteiger partial charge in [0.2, 0.25) is 16.8 Å². The Morgan fingerprint density at radius 3 is 2.55 bits per heavy atom. The minimum atomic E-state index is -3.72. The Labute approximate surface area is 169 Å². The fraction of sp³-hybridized carbons (Fsp3) is 0.350. The predicted molar refractivity (Wildman–Crippen MR) is 106 cm³/mol. The lowest BCUT2D eigenvalue weighted by atomic mass is 10.2. The van der Waals surface area contributed by atoms with E-state index >= 15 is 0 Å². The second-order valence-electron chi connectivity index (χ2n) is 6.85. The van der Waals surface area contributed by atoms with E-state index in [0.717, 1.165) is 19.3 Å². The highest BCUT2D eigenvalue weighted by molar-refractivity contribution is 7.89. The number of nitrogens with zero attached hydrogens (tertiary/aromatic N) is 1. The molecule has 1 saturated heterocycles. The van der Waals surface area contributed by atoms with E-state index in [-0.39, 0.29) is 23.3 Å². The van der Waals surface area contributed by atoms with Crippen molar-refractivity contribution in [1.82, 2.24) is 4.31 Å². The minimum absolute atomic E-state index is 0.0467. The number of piperidine rings is 1. The SMILES string of the molecule is COc1ccc(NC(=O)c2ccc3c(c2)OCO3)cc1S(=O)(=O)N1CCCCC1. The van der Waals surface area contributed by atoms with Crippen LogP contribution in [0, 0.1) is 0 Å². The van der Waals surface area contributed by atoms with Crippen LogP contribution in [0.1, 0.15) is 29.6 Å². The van der Waals surface area contributed by atoms with Crippen molar-refractivity contribution >= 4 is 21.6 Å². The molecule has 29 heavy (non-hydrogen) atoms. The maximum absolute atomic E-state index is 13.1. The Balaban J connectivity index is 1.60. The van der Waals surface area contributed by atoms with Gasteiger partial charge in [0, 0.05) is 24.3 Å². The van der Waals surface area contributed by atoms with Crippen molar-refractivity contribution in [3.63, 3.8) is 0 Å². The first-order chi connectivity index (χ1) is 14.0. The van der Waals surface area contributed by atoms with Crippen LogP contribution in [0.2, 0.25) is 0 Å². The molecule has 1 N–H and O–H groups in total. The van der Waals surface area contributed by atoms with Gasteiger partial charge >= 0.3 is 0 Å². The molecule has 0 aliphatic carbocycles. The highest BCUT2D eigenvalue weighted by Crippen LogP contribution is 2.34. The number of sulfonamides is 1. The Bertz CT molecular complexity index is 1030. The number of ether oxygens (including phenoxy) is 3. The second-order valence-corrected chi connectivity index (χ2v) is 8.76. The van der Waals surface area contributed by atoms with Crippen molar-refractivity contribution in [3.8, 4) is 17.2 Å². The summed E-state index contributed by atoms with van der Waals surface area (Å²) >= 11 is 0. The van der Waals surface area contributed by atoms with Gasteiger partial charge in [0.15, 0.2) is 11.5 Å². The number of methoxy groups -OCH3 is 1. The predicted octanol–water partition coefficient (Wildman–Crippen LogP) is 2.85. The van der Waals surface area contributed by atoms with E-state index in [1.165, 1.54) is 17.5 Å². The lowest BCUT2D eigenvalue weighted by Crippen LogP contribution is -2.35. The number of hydrogen-bond acceptors (Lipinski definition) is 6. The molecule has 0 bridgehead atoms. The van der Waals surface area contributed by atoms with Crippen molar-refractivity contribution in [2.75, 3.05) is 32.3 Å². The highest BCUT2D eigenvalue weighted by atomic mass is 32.2. The van der Waals surface area contributed by atoms with Crippen LogP contribution in [0.5, 0.6) is 17.2 Å². The van der Waals surface area contributed by atoms with Crippen molar-refractivity contribution in [1.29, 1.82) is 0 Å². The number of hydrogen-bond donors (Lipinski definition) is 1. The van der Waals surface area contributed by atoms with Gasteiger partial charge in [-0.15, -0.1) is 0 Å². The van der Waals surface area contributed by atoms with E-state index in [4.69, 9.17) is 14.2 Å². The quantitative estimate of drug-likeness (QED) is 0.803. The molecule has 4 rings (SSSR count). The molecule has 9 heteroatoms. The first-order valence-corrected chi connectivity index (χ1v) is 10.8. The highest BCUT2D eigenvalue weighted by Gasteiger charge is 2.29. The van der Waals surface area contributed by atoms with Gasteiger partial charge in [-0.05, 0) is 49.2 Å². The van der Waals surface area contributed by atoms with Gasteiger partial charge in [-0.3, -0.25) is 4.79 Å². The van der Waals surface area contributed by atoms with E-state index in [1.807, 2.05) is 0 Å². The fourth-order valence-corrected chi connectivity index (χ4v) is 5.14.